The van der Waals surface area contributed by atoms with Crippen molar-refractivity contribution in [2.24, 2.45) is 0 Å². The van der Waals surface area contributed by atoms with E-state index in [-0.39, 0.29) is 12.0 Å². The molecular formula is C19H20N2O2. The Hall–Kier alpha value is -2.62. The van der Waals surface area contributed by atoms with Gasteiger partial charge in [0.05, 0.1) is 0 Å². The molecule has 1 aromatic heterocycles. The van der Waals surface area contributed by atoms with Crippen LogP contribution in [0.15, 0.2) is 60.9 Å². The molecule has 1 aliphatic heterocycles. The van der Waals surface area contributed by atoms with E-state index in [0.29, 0.717) is 0 Å². The van der Waals surface area contributed by atoms with Gasteiger partial charge in [0.15, 0.2) is 0 Å². The molecule has 1 fully saturated rings. The molecule has 0 N–H and O–H groups in total. The van der Waals surface area contributed by atoms with Gasteiger partial charge in [-0.2, -0.15) is 0 Å². The molecule has 0 aliphatic carbocycles. The maximum atomic E-state index is 12.2. The highest BCUT2D eigenvalue weighted by Gasteiger charge is 2.22. The van der Waals surface area contributed by atoms with Gasteiger partial charge < -0.3 is 9.64 Å². The smallest absolute Gasteiger partial charge is 0.246 e. The molecule has 1 aliphatic rings. The number of amides is 1. The summed E-state index contributed by atoms with van der Waals surface area (Å²) in [5.41, 5.74) is 0.982. The molecule has 0 saturated carbocycles. The molecule has 1 saturated heterocycles. The van der Waals surface area contributed by atoms with Gasteiger partial charge in [-0.1, -0.05) is 18.2 Å². The van der Waals surface area contributed by atoms with Crippen molar-refractivity contribution in [1.82, 2.24) is 9.88 Å². The molecule has 1 amide bonds. The van der Waals surface area contributed by atoms with Gasteiger partial charge in [0, 0.05) is 44.4 Å². The number of rotatable bonds is 4. The van der Waals surface area contributed by atoms with E-state index >= 15 is 0 Å². The number of piperidine rings is 1. The first-order valence-corrected chi connectivity index (χ1v) is 7.90. The van der Waals surface area contributed by atoms with Crippen molar-refractivity contribution in [1.29, 1.82) is 0 Å². The van der Waals surface area contributed by atoms with Crippen molar-refractivity contribution in [2.45, 2.75) is 18.9 Å². The van der Waals surface area contributed by atoms with Crippen molar-refractivity contribution < 1.29 is 9.53 Å². The zero-order valence-electron chi connectivity index (χ0n) is 13.0. The summed E-state index contributed by atoms with van der Waals surface area (Å²) >= 11 is 0. The third-order valence-electron chi connectivity index (χ3n) is 3.92. The number of benzene rings is 1. The summed E-state index contributed by atoms with van der Waals surface area (Å²) in [6, 6.07) is 13.6. The van der Waals surface area contributed by atoms with Crippen LogP contribution in [-0.2, 0) is 4.79 Å². The molecule has 0 radical (unpaired) electrons. The Balaban J connectivity index is 1.48. The van der Waals surface area contributed by atoms with E-state index in [0.717, 1.165) is 37.2 Å². The topological polar surface area (TPSA) is 42.4 Å². The molecule has 0 bridgehead atoms. The maximum Gasteiger partial charge on any atom is 0.246 e. The van der Waals surface area contributed by atoms with Crippen molar-refractivity contribution in [3.05, 3.63) is 66.5 Å². The zero-order valence-corrected chi connectivity index (χ0v) is 13.0. The predicted molar refractivity (Wildman–Crippen MR) is 89.9 cm³/mol. The third kappa shape index (κ3) is 4.42. The van der Waals surface area contributed by atoms with E-state index in [4.69, 9.17) is 4.74 Å². The lowest BCUT2D eigenvalue weighted by molar-refractivity contribution is -0.127. The Morgan fingerprint density at radius 1 is 1.09 bits per heavy atom. The van der Waals surface area contributed by atoms with Crippen molar-refractivity contribution in [3.8, 4) is 5.75 Å². The number of hydrogen-bond acceptors (Lipinski definition) is 3. The van der Waals surface area contributed by atoms with Gasteiger partial charge in [-0.05, 0) is 35.9 Å². The Morgan fingerprint density at radius 3 is 2.48 bits per heavy atom. The summed E-state index contributed by atoms with van der Waals surface area (Å²) in [5.74, 6) is 0.954. The normalized spacial score (nSPS) is 15.7. The molecule has 1 aromatic carbocycles. The Kier molecular flexibility index (Phi) is 5.04. The SMILES string of the molecule is O=C(C=Cc1ccncc1)N1CCC(Oc2ccccc2)CC1. The molecule has 4 heteroatoms. The number of carbonyl (C=O) groups is 1. The quantitative estimate of drug-likeness (QED) is 0.815. The van der Waals surface area contributed by atoms with Crippen LogP contribution in [0.4, 0.5) is 0 Å². The fourth-order valence-electron chi connectivity index (χ4n) is 2.63. The molecule has 0 unspecified atom stereocenters. The molecular weight excluding hydrogens is 288 g/mol. The van der Waals surface area contributed by atoms with Crippen molar-refractivity contribution in [2.75, 3.05) is 13.1 Å². The first kappa shape index (κ1) is 15.3. The average Bonchev–Trinajstić information content (AvgIpc) is 2.62. The van der Waals surface area contributed by atoms with Crippen molar-refractivity contribution in [3.63, 3.8) is 0 Å². The largest absolute Gasteiger partial charge is 0.490 e. The minimum atomic E-state index is 0.0555. The second-order valence-electron chi connectivity index (χ2n) is 5.57. The summed E-state index contributed by atoms with van der Waals surface area (Å²) in [6.45, 7) is 1.47. The second kappa shape index (κ2) is 7.58. The van der Waals surface area contributed by atoms with Crippen LogP contribution in [0.3, 0.4) is 0 Å². The Bertz CT molecular complexity index is 648. The lowest BCUT2D eigenvalue weighted by Crippen LogP contribution is -2.41. The van der Waals surface area contributed by atoms with Gasteiger partial charge in [0.2, 0.25) is 5.91 Å². The minimum Gasteiger partial charge on any atom is -0.490 e. The number of ether oxygens (including phenoxy) is 1. The summed E-state index contributed by atoms with van der Waals surface area (Å²) in [7, 11) is 0. The van der Waals surface area contributed by atoms with Gasteiger partial charge in [0.25, 0.3) is 0 Å². The number of aromatic nitrogens is 1. The highest BCUT2D eigenvalue weighted by atomic mass is 16.5. The molecule has 0 atom stereocenters. The van der Waals surface area contributed by atoms with E-state index in [1.54, 1.807) is 18.5 Å². The fourth-order valence-corrected chi connectivity index (χ4v) is 2.63. The van der Waals surface area contributed by atoms with Crippen molar-refractivity contribution >= 4 is 12.0 Å². The average molecular weight is 308 g/mol. The standard InChI is InChI=1S/C19H20N2O2/c22-19(7-6-16-8-12-20-13-9-16)21-14-10-18(11-15-21)23-17-4-2-1-3-5-17/h1-9,12-13,18H,10-11,14-15H2. The molecule has 118 valence electrons. The molecule has 2 heterocycles. The van der Waals surface area contributed by atoms with Gasteiger partial charge in [0.1, 0.15) is 11.9 Å². The van der Waals surface area contributed by atoms with Gasteiger partial charge in [-0.15, -0.1) is 0 Å². The fraction of sp³-hybridized carbons (Fsp3) is 0.263. The van der Waals surface area contributed by atoms with Crippen LogP contribution in [0.25, 0.3) is 6.08 Å². The summed E-state index contributed by atoms with van der Waals surface area (Å²) in [4.78, 5) is 18.1. The predicted octanol–water partition coefficient (Wildman–Crippen LogP) is 3.16. The summed E-state index contributed by atoms with van der Waals surface area (Å²) in [6.07, 6.45) is 8.82. The lowest BCUT2D eigenvalue weighted by atomic mass is 10.1. The number of pyridine rings is 1. The van der Waals surface area contributed by atoms with E-state index in [9.17, 15) is 4.79 Å². The van der Waals surface area contributed by atoms with Gasteiger partial charge in [-0.3, -0.25) is 9.78 Å². The summed E-state index contributed by atoms with van der Waals surface area (Å²) in [5, 5.41) is 0. The monoisotopic (exact) mass is 308 g/mol. The Labute approximate surface area is 136 Å². The van der Waals surface area contributed by atoms with Crippen LogP contribution in [0.2, 0.25) is 0 Å². The minimum absolute atomic E-state index is 0.0555. The van der Waals surface area contributed by atoms with Crippen LogP contribution >= 0.6 is 0 Å². The van der Waals surface area contributed by atoms with Gasteiger partial charge in [-0.25, -0.2) is 0 Å². The summed E-state index contributed by atoms with van der Waals surface area (Å²) < 4.78 is 5.95. The van der Waals surface area contributed by atoms with E-state index in [1.807, 2.05) is 53.4 Å². The van der Waals surface area contributed by atoms with Gasteiger partial charge >= 0.3 is 0 Å². The molecule has 2 aromatic rings. The lowest BCUT2D eigenvalue weighted by Gasteiger charge is -2.31. The van der Waals surface area contributed by atoms with Crippen LogP contribution in [-0.4, -0.2) is 35.0 Å². The van der Waals surface area contributed by atoms with Crippen LogP contribution in [0.1, 0.15) is 18.4 Å². The second-order valence-corrected chi connectivity index (χ2v) is 5.57. The number of hydrogen-bond donors (Lipinski definition) is 0. The van der Waals surface area contributed by atoms with Crippen LogP contribution in [0, 0.1) is 0 Å². The zero-order chi connectivity index (χ0) is 15.9. The first-order valence-electron chi connectivity index (χ1n) is 7.90. The number of carbonyl (C=O) groups excluding carboxylic acids is 1. The third-order valence-corrected chi connectivity index (χ3v) is 3.92. The van der Waals surface area contributed by atoms with E-state index in [2.05, 4.69) is 4.98 Å². The Morgan fingerprint density at radius 2 is 1.78 bits per heavy atom. The number of para-hydroxylation sites is 1. The van der Waals surface area contributed by atoms with Crippen LogP contribution in [0.5, 0.6) is 5.75 Å². The number of likely N-dealkylation sites (tertiary alicyclic amines) is 1. The number of nitrogens with zero attached hydrogens (tertiary/aromatic N) is 2. The van der Waals surface area contributed by atoms with E-state index in [1.165, 1.54) is 0 Å². The van der Waals surface area contributed by atoms with E-state index < -0.39 is 0 Å². The molecule has 3 rings (SSSR count). The highest BCUT2D eigenvalue weighted by molar-refractivity contribution is 5.91. The highest BCUT2D eigenvalue weighted by Crippen LogP contribution is 2.18. The maximum absolute atomic E-state index is 12.2. The molecule has 4 nitrogen and oxygen atoms in total. The van der Waals surface area contributed by atoms with Crippen LogP contribution < -0.4 is 4.74 Å². The first-order chi connectivity index (χ1) is 11.3. The molecule has 23 heavy (non-hydrogen) atoms. The molecule has 0 spiro atoms.